The van der Waals surface area contributed by atoms with Crippen LogP contribution in [0.2, 0.25) is 0 Å². The van der Waals surface area contributed by atoms with Gasteiger partial charge in [-0.15, -0.1) is 0 Å². The van der Waals surface area contributed by atoms with Gasteiger partial charge < -0.3 is 21.3 Å². The summed E-state index contributed by atoms with van der Waals surface area (Å²) in [5, 5.41) is 26.0. The second-order valence-corrected chi connectivity index (χ2v) is 2.90. The van der Waals surface area contributed by atoms with E-state index < -0.39 is 18.0 Å². The summed E-state index contributed by atoms with van der Waals surface area (Å²) in [5.41, 5.74) is 5.07. The van der Waals surface area contributed by atoms with Gasteiger partial charge in [0.25, 0.3) is 5.91 Å². The summed E-state index contributed by atoms with van der Waals surface area (Å²) in [5.74, 6) is -2.15. The van der Waals surface area contributed by atoms with E-state index in [1.165, 1.54) is 0 Å². The highest BCUT2D eigenvalue weighted by Crippen LogP contribution is 2.03. The molecule has 1 aromatic heterocycles. The van der Waals surface area contributed by atoms with E-state index in [2.05, 4.69) is 20.3 Å². The van der Waals surface area contributed by atoms with Gasteiger partial charge in [0.2, 0.25) is 11.5 Å². The number of aliphatic carboxylic acids is 1. The first-order valence-corrected chi connectivity index (χ1v) is 4.29. The van der Waals surface area contributed by atoms with Crippen molar-refractivity contribution in [1.29, 1.82) is 0 Å². The van der Waals surface area contributed by atoms with Crippen LogP contribution in [0.25, 0.3) is 0 Å². The van der Waals surface area contributed by atoms with Crippen molar-refractivity contribution in [3.8, 4) is 0 Å². The Morgan fingerprint density at radius 1 is 1.50 bits per heavy atom. The molecule has 0 aromatic carbocycles. The largest absolute Gasteiger partial charge is 0.479 e. The van der Waals surface area contributed by atoms with Gasteiger partial charge in [0.1, 0.15) is 0 Å². The Morgan fingerprint density at radius 2 is 2.19 bits per heavy atom. The fourth-order valence-corrected chi connectivity index (χ4v) is 0.883. The number of nitrogen functional groups attached to an aromatic ring is 1. The van der Waals surface area contributed by atoms with Gasteiger partial charge in [0, 0.05) is 13.0 Å². The molecular weight excluding hydrogens is 220 g/mol. The summed E-state index contributed by atoms with van der Waals surface area (Å²) in [4.78, 5) is 21.5. The Morgan fingerprint density at radius 3 is 2.69 bits per heavy atom. The van der Waals surface area contributed by atoms with Gasteiger partial charge in [0.15, 0.2) is 6.10 Å². The van der Waals surface area contributed by atoms with Crippen LogP contribution in [0.15, 0.2) is 4.63 Å². The molecule has 0 radical (unpaired) electrons. The van der Waals surface area contributed by atoms with Crippen LogP contribution in [0.5, 0.6) is 0 Å². The molecule has 9 nitrogen and oxygen atoms in total. The number of hydrogen-bond acceptors (Lipinski definition) is 7. The average molecular weight is 230 g/mol. The maximum Gasteiger partial charge on any atom is 0.332 e. The van der Waals surface area contributed by atoms with E-state index in [-0.39, 0.29) is 24.5 Å². The number of aliphatic hydroxyl groups is 1. The molecule has 1 amide bonds. The van der Waals surface area contributed by atoms with Gasteiger partial charge in [-0.3, -0.25) is 4.79 Å². The lowest BCUT2D eigenvalue weighted by Gasteiger charge is -2.05. The quantitative estimate of drug-likeness (QED) is 0.463. The fraction of sp³-hybridized carbons (Fsp3) is 0.429. The van der Waals surface area contributed by atoms with Crippen molar-refractivity contribution < 1.29 is 24.4 Å². The maximum atomic E-state index is 11.3. The number of anilines is 1. The van der Waals surface area contributed by atoms with Crippen LogP contribution in [0, 0.1) is 0 Å². The SMILES string of the molecule is Nc1nonc1C(=O)NCCC(O)C(=O)O. The number of carboxylic acids is 1. The number of rotatable bonds is 5. The van der Waals surface area contributed by atoms with Crippen LogP contribution in [0.1, 0.15) is 16.9 Å². The molecule has 0 fully saturated rings. The number of nitrogens with zero attached hydrogens (tertiary/aromatic N) is 2. The van der Waals surface area contributed by atoms with Crippen molar-refractivity contribution in [1.82, 2.24) is 15.6 Å². The number of carbonyl (C=O) groups excluding carboxylic acids is 1. The fourth-order valence-electron chi connectivity index (χ4n) is 0.883. The standard InChI is InChI=1S/C7H10N4O5/c8-5-4(10-16-11-5)6(13)9-2-1-3(12)7(14)15/h3,12H,1-2H2,(H2,8,11)(H,9,13)(H,14,15). The van der Waals surface area contributed by atoms with Crippen LogP contribution >= 0.6 is 0 Å². The van der Waals surface area contributed by atoms with E-state index in [0.717, 1.165) is 0 Å². The molecule has 0 spiro atoms. The van der Waals surface area contributed by atoms with Crippen LogP contribution < -0.4 is 11.1 Å². The lowest BCUT2D eigenvalue weighted by atomic mass is 10.2. The monoisotopic (exact) mass is 230 g/mol. The minimum Gasteiger partial charge on any atom is -0.479 e. The maximum absolute atomic E-state index is 11.3. The molecule has 0 aliphatic carbocycles. The molecule has 5 N–H and O–H groups in total. The van der Waals surface area contributed by atoms with Crippen molar-refractivity contribution in [2.75, 3.05) is 12.3 Å². The summed E-state index contributed by atoms with van der Waals surface area (Å²) in [7, 11) is 0. The molecule has 0 bridgehead atoms. The normalized spacial score (nSPS) is 12.1. The molecule has 88 valence electrons. The minimum absolute atomic E-state index is 0.0292. The zero-order valence-electron chi connectivity index (χ0n) is 8.08. The molecule has 0 saturated carbocycles. The van der Waals surface area contributed by atoms with Crippen molar-refractivity contribution in [3.63, 3.8) is 0 Å². The number of carboxylic acid groups (broad SMARTS) is 1. The van der Waals surface area contributed by atoms with Crippen molar-refractivity contribution >= 4 is 17.7 Å². The number of amides is 1. The third-order valence-electron chi connectivity index (χ3n) is 1.72. The highest BCUT2D eigenvalue weighted by Gasteiger charge is 2.17. The zero-order chi connectivity index (χ0) is 12.1. The Balaban J connectivity index is 2.37. The molecule has 0 saturated heterocycles. The molecule has 9 heteroatoms. The molecule has 0 aliphatic rings. The van der Waals surface area contributed by atoms with E-state index in [1.54, 1.807) is 0 Å². The zero-order valence-corrected chi connectivity index (χ0v) is 8.08. The average Bonchev–Trinajstić information content (AvgIpc) is 2.64. The molecular formula is C7H10N4O5. The highest BCUT2D eigenvalue weighted by molar-refractivity contribution is 5.95. The van der Waals surface area contributed by atoms with Gasteiger partial charge in [-0.05, 0) is 10.3 Å². The summed E-state index contributed by atoms with van der Waals surface area (Å²) in [6.07, 6.45) is -1.64. The summed E-state index contributed by atoms with van der Waals surface area (Å²) in [6.45, 7) is -0.0292. The van der Waals surface area contributed by atoms with Gasteiger partial charge in [0.05, 0.1) is 0 Å². The van der Waals surface area contributed by atoms with E-state index >= 15 is 0 Å². The Labute approximate surface area is 89.2 Å². The first kappa shape index (κ1) is 11.9. The van der Waals surface area contributed by atoms with Crippen LogP contribution in [0.3, 0.4) is 0 Å². The predicted molar refractivity (Wildman–Crippen MR) is 49.3 cm³/mol. The number of carbonyl (C=O) groups is 2. The number of nitrogens with one attached hydrogen (secondary N) is 1. The lowest BCUT2D eigenvalue weighted by Crippen LogP contribution is -2.30. The Hall–Kier alpha value is -2.16. The molecule has 0 aliphatic heterocycles. The lowest BCUT2D eigenvalue weighted by molar-refractivity contribution is -0.146. The van der Waals surface area contributed by atoms with Crippen molar-refractivity contribution in [3.05, 3.63) is 5.69 Å². The highest BCUT2D eigenvalue weighted by atomic mass is 16.6. The van der Waals surface area contributed by atoms with Gasteiger partial charge >= 0.3 is 5.97 Å². The van der Waals surface area contributed by atoms with E-state index in [9.17, 15) is 9.59 Å². The summed E-state index contributed by atoms with van der Waals surface area (Å²) >= 11 is 0. The first-order valence-electron chi connectivity index (χ1n) is 4.29. The second-order valence-electron chi connectivity index (χ2n) is 2.90. The van der Waals surface area contributed by atoms with E-state index in [4.69, 9.17) is 15.9 Å². The summed E-state index contributed by atoms with van der Waals surface area (Å²) < 4.78 is 4.20. The topological polar surface area (TPSA) is 152 Å². The van der Waals surface area contributed by atoms with Crippen LogP contribution in [-0.2, 0) is 4.79 Å². The van der Waals surface area contributed by atoms with Gasteiger partial charge in [-0.2, -0.15) is 0 Å². The van der Waals surface area contributed by atoms with Gasteiger partial charge in [-0.25, -0.2) is 9.42 Å². The Kier molecular flexibility index (Phi) is 3.78. The molecule has 1 heterocycles. The summed E-state index contributed by atoms with van der Waals surface area (Å²) in [6, 6.07) is 0. The number of aromatic nitrogens is 2. The molecule has 1 atom stereocenters. The predicted octanol–water partition coefficient (Wildman–Crippen LogP) is -1.78. The molecule has 16 heavy (non-hydrogen) atoms. The smallest absolute Gasteiger partial charge is 0.332 e. The third-order valence-corrected chi connectivity index (χ3v) is 1.72. The van der Waals surface area contributed by atoms with Crippen molar-refractivity contribution in [2.24, 2.45) is 0 Å². The van der Waals surface area contributed by atoms with Crippen LogP contribution in [0.4, 0.5) is 5.82 Å². The van der Waals surface area contributed by atoms with E-state index in [0.29, 0.717) is 0 Å². The molecule has 1 unspecified atom stereocenters. The molecule has 1 aromatic rings. The number of aliphatic hydroxyl groups excluding tert-OH is 1. The minimum atomic E-state index is -1.52. The van der Waals surface area contributed by atoms with Crippen molar-refractivity contribution in [2.45, 2.75) is 12.5 Å². The van der Waals surface area contributed by atoms with Crippen LogP contribution in [-0.4, -0.2) is 45.1 Å². The number of nitrogens with two attached hydrogens (primary N) is 1. The third kappa shape index (κ3) is 2.92. The van der Waals surface area contributed by atoms with E-state index in [1.807, 2.05) is 0 Å². The first-order chi connectivity index (χ1) is 7.52. The van der Waals surface area contributed by atoms with Gasteiger partial charge in [-0.1, -0.05) is 0 Å². The molecule has 1 rings (SSSR count). The second kappa shape index (κ2) is 5.07. The number of hydrogen-bond donors (Lipinski definition) is 4. The Bertz CT molecular complexity index is 390.